The van der Waals surface area contributed by atoms with Crippen LogP contribution in [0.3, 0.4) is 0 Å². The molecule has 0 saturated carbocycles. The Bertz CT molecular complexity index is 1080. The van der Waals surface area contributed by atoms with Crippen molar-refractivity contribution in [2.24, 2.45) is 10.3 Å². The van der Waals surface area contributed by atoms with Crippen molar-refractivity contribution >= 4 is 40.7 Å². The van der Waals surface area contributed by atoms with Crippen molar-refractivity contribution in [1.29, 1.82) is 0 Å². The van der Waals surface area contributed by atoms with Crippen LogP contribution in [0.15, 0.2) is 52.8 Å². The average Bonchev–Trinajstić information content (AvgIpc) is 3.24. The molecule has 2 aromatic carbocycles. The normalized spacial score (nSPS) is 20.0. The monoisotopic (exact) mass is 431 g/mol. The summed E-state index contributed by atoms with van der Waals surface area (Å²) in [5, 5.41) is 11.3. The summed E-state index contributed by atoms with van der Waals surface area (Å²) in [5.74, 6) is -1.79. The smallest absolute Gasteiger partial charge is 0.263 e. The molecule has 30 heavy (non-hydrogen) atoms. The van der Waals surface area contributed by atoms with Crippen molar-refractivity contribution in [3.8, 4) is 5.75 Å². The molecule has 0 bridgehead atoms. The maximum atomic E-state index is 13.4. The van der Waals surface area contributed by atoms with Crippen LogP contribution in [0.5, 0.6) is 5.75 Å². The standard InChI is InChI=1S/C19H15ClFN5O4/c1-30-12-4-2-3-10(7-12)22-15(27)9-25-17-16(23-24-25)18(28)26(19(17)29)11-5-6-14(21)13(20)8-11/h2-8,16-17H,9H2,1H3,(H,22,27)/t16-,17+/m0/s1. The summed E-state index contributed by atoms with van der Waals surface area (Å²) in [6.07, 6.45) is 0. The van der Waals surface area contributed by atoms with E-state index in [0.717, 1.165) is 16.0 Å². The van der Waals surface area contributed by atoms with Crippen LogP contribution in [0, 0.1) is 5.82 Å². The molecule has 2 aliphatic heterocycles. The van der Waals surface area contributed by atoms with Gasteiger partial charge in [-0.3, -0.25) is 19.4 Å². The quantitative estimate of drug-likeness (QED) is 0.732. The van der Waals surface area contributed by atoms with E-state index in [4.69, 9.17) is 16.3 Å². The molecule has 2 heterocycles. The minimum absolute atomic E-state index is 0.127. The number of nitrogens with zero attached hydrogens (tertiary/aromatic N) is 4. The van der Waals surface area contributed by atoms with Crippen LogP contribution in [-0.2, 0) is 14.4 Å². The first-order valence-corrected chi connectivity index (χ1v) is 9.21. The minimum Gasteiger partial charge on any atom is -0.497 e. The summed E-state index contributed by atoms with van der Waals surface area (Å²) in [5.41, 5.74) is 0.630. The Morgan fingerprint density at radius 2 is 2.03 bits per heavy atom. The van der Waals surface area contributed by atoms with Crippen LogP contribution < -0.4 is 15.0 Å². The van der Waals surface area contributed by atoms with Gasteiger partial charge in [0.05, 0.1) is 17.8 Å². The van der Waals surface area contributed by atoms with Gasteiger partial charge in [0.2, 0.25) is 5.91 Å². The van der Waals surface area contributed by atoms with Crippen LogP contribution in [0.25, 0.3) is 0 Å². The number of anilines is 2. The Labute approximate surface area is 175 Å². The Balaban J connectivity index is 1.49. The molecule has 154 valence electrons. The zero-order valence-corrected chi connectivity index (χ0v) is 16.3. The van der Waals surface area contributed by atoms with Crippen LogP contribution in [0.1, 0.15) is 0 Å². The molecule has 9 nitrogen and oxygen atoms in total. The molecule has 2 aromatic rings. The SMILES string of the molecule is COc1cccc(NC(=O)CN2N=N[C@@H]3C(=O)N(c4ccc(F)c(Cl)c4)C(=O)[C@@H]32)c1. The third-order valence-corrected chi connectivity index (χ3v) is 4.97. The van der Waals surface area contributed by atoms with Crippen LogP contribution in [-0.4, -0.2) is 48.5 Å². The van der Waals surface area contributed by atoms with E-state index in [9.17, 15) is 18.8 Å². The fourth-order valence-corrected chi connectivity index (χ4v) is 3.46. The number of hydrogen-bond donors (Lipinski definition) is 1. The number of halogens is 2. The lowest BCUT2D eigenvalue weighted by Crippen LogP contribution is -2.43. The van der Waals surface area contributed by atoms with Gasteiger partial charge in [0, 0.05) is 11.8 Å². The third-order valence-electron chi connectivity index (χ3n) is 4.68. The third kappa shape index (κ3) is 3.45. The fraction of sp³-hybridized carbons (Fsp3) is 0.211. The zero-order chi connectivity index (χ0) is 21.4. The molecule has 0 radical (unpaired) electrons. The van der Waals surface area contributed by atoms with Gasteiger partial charge in [-0.1, -0.05) is 22.9 Å². The molecule has 2 atom stereocenters. The number of nitrogens with one attached hydrogen (secondary N) is 1. The molecule has 1 N–H and O–H groups in total. The van der Waals surface area contributed by atoms with E-state index in [1.165, 1.54) is 19.2 Å². The van der Waals surface area contributed by atoms with E-state index in [1.807, 2.05) is 0 Å². The molecule has 0 aliphatic carbocycles. The maximum absolute atomic E-state index is 13.4. The second-order valence-corrected chi connectivity index (χ2v) is 6.99. The molecule has 1 fully saturated rings. The number of ether oxygens (including phenoxy) is 1. The lowest BCUT2D eigenvalue weighted by molar-refractivity contribution is -0.123. The second kappa shape index (κ2) is 7.71. The Morgan fingerprint density at radius 3 is 2.77 bits per heavy atom. The highest BCUT2D eigenvalue weighted by Gasteiger charge is 2.55. The minimum atomic E-state index is -1.08. The van der Waals surface area contributed by atoms with Gasteiger partial charge in [-0.15, -0.1) is 0 Å². The number of benzene rings is 2. The molecule has 0 aromatic heterocycles. The molecule has 3 amide bonds. The van der Waals surface area contributed by atoms with Crippen molar-refractivity contribution in [3.05, 3.63) is 53.3 Å². The van der Waals surface area contributed by atoms with Crippen molar-refractivity contribution in [3.63, 3.8) is 0 Å². The molecule has 0 spiro atoms. The number of imide groups is 1. The maximum Gasteiger partial charge on any atom is 0.263 e. The van der Waals surface area contributed by atoms with E-state index in [1.54, 1.807) is 24.3 Å². The van der Waals surface area contributed by atoms with Gasteiger partial charge >= 0.3 is 0 Å². The Hall–Kier alpha value is -3.53. The molecule has 11 heteroatoms. The summed E-state index contributed by atoms with van der Waals surface area (Å²) in [6, 6.07) is 8.14. The summed E-state index contributed by atoms with van der Waals surface area (Å²) in [7, 11) is 1.51. The van der Waals surface area contributed by atoms with Crippen LogP contribution >= 0.6 is 11.6 Å². The van der Waals surface area contributed by atoms with E-state index < -0.39 is 35.6 Å². The topological polar surface area (TPSA) is 104 Å². The van der Waals surface area contributed by atoms with E-state index in [-0.39, 0.29) is 17.3 Å². The van der Waals surface area contributed by atoms with Crippen molar-refractivity contribution in [2.75, 3.05) is 23.9 Å². The molecule has 4 rings (SSSR count). The van der Waals surface area contributed by atoms with Gasteiger partial charge in [-0.2, -0.15) is 5.11 Å². The number of rotatable bonds is 5. The summed E-state index contributed by atoms with van der Waals surface area (Å²) in [4.78, 5) is 38.8. The van der Waals surface area contributed by atoms with E-state index in [0.29, 0.717) is 11.4 Å². The average molecular weight is 432 g/mol. The summed E-state index contributed by atoms with van der Waals surface area (Å²) < 4.78 is 18.5. The van der Waals surface area contributed by atoms with Gasteiger partial charge in [0.15, 0.2) is 12.1 Å². The lowest BCUT2D eigenvalue weighted by atomic mass is 10.1. The van der Waals surface area contributed by atoms with Crippen molar-refractivity contribution < 1.29 is 23.5 Å². The second-order valence-electron chi connectivity index (χ2n) is 6.58. The van der Waals surface area contributed by atoms with Crippen molar-refractivity contribution in [1.82, 2.24) is 5.01 Å². The Kier molecular flexibility index (Phi) is 5.08. The number of carbonyl (C=O) groups is 3. The van der Waals surface area contributed by atoms with Gasteiger partial charge in [-0.25, -0.2) is 9.29 Å². The number of carbonyl (C=O) groups excluding carboxylic acids is 3. The molecular formula is C19H15ClFN5O4. The summed E-state index contributed by atoms with van der Waals surface area (Å²) >= 11 is 5.77. The highest BCUT2D eigenvalue weighted by molar-refractivity contribution is 6.32. The van der Waals surface area contributed by atoms with Crippen LogP contribution in [0.2, 0.25) is 5.02 Å². The van der Waals surface area contributed by atoms with Gasteiger partial charge in [-0.05, 0) is 30.3 Å². The first kappa shape index (κ1) is 19.8. The number of amides is 3. The predicted molar refractivity (Wildman–Crippen MR) is 105 cm³/mol. The first-order chi connectivity index (χ1) is 14.4. The number of fused-ring (bicyclic) bond motifs is 1. The fourth-order valence-electron chi connectivity index (χ4n) is 3.28. The molecule has 2 aliphatic rings. The number of hydrogen-bond acceptors (Lipinski definition) is 7. The van der Waals surface area contributed by atoms with E-state index in [2.05, 4.69) is 15.7 Å². The number of methoxy groups -OCH3 is 1. The molecule has 0 unspecified atom stereocenters. The molecule has 1 saturated heterocycles. The molecular weight excluding hydrogens is 417 g/mol. The summed E-state index contributed by atoms with van der Waals surface area (Å²) in [6.45, 7) is -0.293. The van der Waals surface area contributed by atoms with E-state index >= 15 is 0 Å². The van der Waals surface area contributed by atoms with Gasteiger partial charge in [0.25, 0.3) is 11.8 Å². The highest BCUT2D eigenvalue weighted by atomic mass is 35.5. The van der Waals surface area contributed by atoms with Gasteiger partial charge in [0.1, 0.15) is 18.1 Å². The highest BCUT2D eigenvalue weighted by Crippen LogP contribution is 2.33. The Morgan fingerprint density at radius 1 is 1.23 bits per heavy atom. The lowest BCUT2D eigenvalue weighted by Gasteiger charge is -2.20. The largest absolute Gasteiger partial charge is 0.497 e. The van der Waals surface area contributed by atoms with Crippen molar-refractivity contribution in [2.45, 2.75) is 12.1 Å². The predicted octanol–water partition coefficient (Wildman–Crippen LogP) is 2.42. The van der Waals surface area contributed by atoms with Crippen LogP contribution in [0.4, 0.5) is 15.8 Å². The zero-order valence-electron chi connectivity index (χ0n) is 15.6. The van der Waals surface area contributed by atoms with Gasteiger partial charge < -0.3 is 10.1 Å². The first-order valence-electron chi connectivity index (χ1n) is 8.83.